The van der Waals surface area contributed by atoms with Gasteiger partial charge in [-0.3, -0.25) is 0 Å². The third kappa shape index (κ3) is 5.24. The summed E-state index contributed by atoms with van der Waals surface area (Å²) in [6.07, 6.45) is 0. The number of halogens is 3. The summed E-state index contributed by atoms with van der Waals surface area (Å²) in [6.45, 7) is 4.70. The zero-order valence-corrected chi connectivity index (χ0v) is 10.6. The van der Waals surface area contributed by atoms with Gasteiger partial charge in [-0.15, -0.1) is 20.8 Å². The van der Waals surface area contributed by atoms with Crippen molar-refractivity contribution in [3.63, 3.8) is 0 Å². The van der Waals surface area contributed by atoms with Crippen molar-refractivity contribution in [1.29, 1.82) is 0 Å². The second-order valence-electron chi connectivity index (χ2n) is 2.42. The van der Waals surface area contributed by atoms with Crippen molar-refractivity contribution < 1.29 is 20.8 Å². The van der Waals surface area contributed by atoms with Crippen LogP contribution in [0.25, 0.3) is 4.25 Å². The lowest BCUT2D eigenvalue weighted by Gasteiger charge is -1.95. The summed E-state index contributed by atoms with van der Waals surface area (Å²) in [5.41, 5.74) is 0.498. The highest BCUT2D eigenvalue weighted by Gasteiger charge is 2.20. The Morgan fingerprint density at radius 1 is 1.33 bits per heavy atom. The molecule has 0 aliphatic heterocycles. The summed E-state index contributed by atoms with van der Waals surface area (Å²) in [4.78, 5) is 0. The molecule has 0 heterocycles. The Bertz CT molecular complexity index is 453. The molecule has 0 bridgehead atoms. The highest BCUT2D eigenvalue weighted by molar-refractivity contribution is 7.92. The average molecular weight is 289 g/mol. The predicted octanol–water partition coefficient (Wildman–Crippen LogP) is -0.442. The van der Waals surface area contributed by atoms with Crippen LogP contribution in [0.1, 0.15) is 5.56 Å². The molecule has 0 saturated carbocycles. The fraction of sp³-hybridized carbons (Fsp3) is 0.125. The van der Waals surface area contributed by atoms with Crippen LogP contribution in [0.5, 0.6) is 0 Å². The van der Waals surface area contributed by atoms with E-state index in [0.717, 1.165) is 0 Å². The highest BCUT2D eigenvalue weighted by atomic mass is 35.5. The molecule has 0 saturated heterocycles. The molecule has 1 rings (SSSR count). The van der Waals surface area contributed by atoms with Gasteiger partial charge >= 0.3 is 10.0 Å². The van der Waals surface area contributed by atoms with Gasteiger partial charge < -0.3 is 12.4 Å². The van der Waals surface area contributed by atoms with E-state index < -0.39 is 10.0 Å². The Kier molecular flexibility index (Phi) is 7.81. The van der Waals surface area contributed by atoms with E-state index in [2.05, 4.69) is 4.25 Å². The zero-order valence-electron chi connectivity index (χ0n) is 7.43. The van der Waals surface area contributed by atoms with Crippen LogP contribution in [0.2, 0.25) is 5.02 Å². The van der Waals surface area contributed by atoms with E-state index in [1.54, 1.807) is 24.3 Å². The van der Waals surface area contributed by atoms with Gasteiger partial charge in [0.15, 0.2) is 5.75 Å². The minimum Gasteiger partial charge on any atom is -1.00 e. The summed E-state index contributed by atoms with van der Waals surface area (Å²) in [5.74, 6) is -0.261. The SMILES string of the molecule is C#[N+]S(=O)(=O)Cc1ccccc1Cl.Cl.[Cl-]. The van der Waals surface area contributed by atoms with Crippen molar-refractivity contribution in [1.82, 2.24) is 0 Å². The maximum atomic E-state index is 11.0. The van der Waals surface area contributed by atoms with E-state index in [9.17, 15) is 8.42 Å². The van der Waals surface area contributed by atoms with Crippen molar-refractivity contribution in [3.05, 3.63) is 39.1 Å². The van der Waals surface area contributed by atoms with E-state index in [0.29, 0.717) is 10.6 Å². The number of benzene rings is 1. The maximum absolute atomic E-state index is 11.0. The van der Waals surface area contributed by atoms with E-state index in [-0.39, 0.29) is 30.6 Å². The fourth-order valence-electron chi connectivity index (χ4n) is 0.849. The van der Waals surface area contributed by atoms with Crippen LogP contribution in [0.3, 0.4) is 0 Å². The molecule has 0 aliphatic rings. The summed E-state index contributed by atoms with van der Waals surface area (Å²) in [5, 5.41) is 0.398. The second-order valence-corrected chi connectivity index (χ2v) is 4.49. The first-order valence-electron chi connectivity index (χ1n) is 3.43. The standard InChI is InChI=1S/C8H7ClNO2S.2ClH/c1-10-13(11,12)6-7-4-2-3-5-8(7)9;;/h1-5H,6H2;2*1H/q+1;;/p-1. The van der Waals surface area contributed by atoms with Gasteiger partial charge in [0.1, 0.15) is 0 Å². The van der Waals surface area contributed by atoms with Crippen LogP contribution in [0, 0.1) is 6.57 Å². The highest BCUT2D eigenvalue weighted by Crippen LogP contribution is 2.17. The molecule has 1 aromatic rings. The number of rotatable bonds is 2. The lowest BCUT2D eigenvalue weighted by molar-refractivity contribution is -0.00000519. The number of hydrogen-bond donors (Lipinski definition) is 0. The van der Waals surface area contributed by atoms with Gasteiger partial charge in [-0.2, -0.15) is 0 Å². The third-order valence-electron chi connectivity index (χ3n) is 1.46. The molecule has 0 aliphatic carbocycles. The molecule has 0 unspecified atom stereocenters. The van der Waals surface area contributed by atoms with Gasteiger partial charge in [0.2, 0.25) is 0 Å². The van der Waals surface area contributed by atoms with E-state index in [1.807, 2.05) is 0 Å². The first kappa shape index (κ1) is 16.9. The summed E-state index contributed by atoms with van der Waals surface area (Å²) in [7, 11) is -3.58. The monoisotopic (exact) mass is 287 g/mol. The largest absolute Gasteiger partial charge is 1.00 e. The minimum absolute atomic E-state index is 0. The molecule has 3 nitrogen and oxygen atoms in total. The fourth-order valence-corrected chi connectivity index (χ4v) is 1.85. The van der Waals surface area contributed by atoms with Crippen molar-refractivity contribution >= 4 is 34.0 Å². The molecule has 1 aromatic carbocycles. The van der Waals surface area contributed by atoms with Gasteiger partial charge in [0, 0.05) is 5.02 Å². The van der Waals surface area contributed by atoms with Crippen molar-refractivity contribution in [2.45, 2.75) is 5.75 Å². The summed E-state index contributed by atoms with van der Waals surface area (Å²) < 4.78 is 24.7. The predicted molar refractivity (Wildman–Crippen MR) is 59.6 cm³/mol. The first-order valence-corrected chi connectivity index (χ1v) is 5.42. The van der Waals surface area contributed by atoms with Crippen LogP contribution in [0.4, 0.5) is 0 Å². The van der Waals surface area contributed by atoms with Gasteiger partial charge in [0.05, 0.1) is 4.25 Å². The van der Waals surface area contributed by atoms with Crippen molar-refractivity contribution in [2.24, 2.45) is 0 Å². The van der Waals surface area contributed by atoms with E-state index in [1.165, 1.54) is 0 Å². The summed E-state index contributed by atoms with van der Waals surface area (Å²) >= 11 is 5.74. The number of sulfonamides is 1. The van der Waals surface area contributed by atoms with Gasteiger partial charge in [-0.1, -0.05) is 29.8 Å². The Hall–Kier alpha value is -0.470. The average Bonchev–Trinajstić information content (AvgIpc) is 2.09. The van der Waals surface area contributed by atoms with Crippen molar-refractivity contribution in [3.8, 4) is 6.57 Å². The molecular weight excluding hydrogens is 281 g/mol. The van der Waals surface area contributed by atoms with Crippen LogP contribution in [-0.4, -0.2) is 8.42 Å². The Balaban J connectivity index is 0. The molecule has 0 fully saturated rings. The van der Waals surface area contributed by atoms with Gasteiger partial charge in [-0.25, -0.2) is 0 Å². The van der Waals surface area contributed by atoms with Gasteiger partial charge in [-0.05, 0) is 11.6 Å². The van der Waals surface area contributed by atoms with Gasteiger partial charge in [0.25, 0.3) is 6.57 Å². The van der Waals surface area contributed by atoms with Crippen molar-refractivity contribution in [2.75, 3.05) is 0 Å². The molecule has 0 amide bonds. The number of hydrogen-bond acceptors (Lipinski definition) is 2. The molecule has 7 heteroatoms. The topological polar surface area (TPSA) is 38.5 Å². The Morgan fingerprint density at radius 3 is 2.33 bits per heavy atom. The van der Waals surface area contributed by atoms with Crippen LogP contribution >= 0.6 is 24.0 Å². The molecule has 0 N–H and O–H groups in total. The number of nitrogens with zero attached hydrogens (tertiary/aromatic N) is 1. The second kappa shape index (κ2) is 6.91. The molecule has 0 atom stereocenters. The molecule has 15 heavy (non-hydrogen) atoms. The molecule has 0 aromatic heterocycles. The summed E-state index contributed by atoms with van der Waals surface area (Å²) in [6, 6.07) is 6.65. The zero-order chi connectivity index (χ0) is 9.90. The van der Waals surface area contributed by atoms with Crippen LogP contribution in [0.15, 0.2) is 24.3 Å². The Labute approximate surface area is 106 Å². The normalized spacial score (nSPS) is 9.33. The maximum Gasteiger partial charge on any atom is 0.482 e. The first-order chi connectivity index (χ1) is 6.05. The Morgan fingerprint density at radius 2 is 1.87 bits per heavy atom. The molecule has 84 valence electrons. The molecule has 0 radical (unpaired) electrons. The van der Waals surface area contributed by atoms with Crippen LogP contribution < -0.4 is 12.4 Å². The van der Waals surface area contributed by atoms with Crippen LogP contribution in [-0.2, 0) is 15.8 Å². The minimum atomic E-state index is -3.58. The molecular formula is C8H8Cl3NO2S. The quantitative estimate of drug-likeness (QED) is 0.740. The lowest BCUT2D eigenvalue weighted by atomic mass is 10.2. The van der Waals surface area contributed by atoms with E-state index >= 15 is 0 Å². The third-order valence-corrected chi connectivity index (χ3v) is 2.82. The molecule has 0 spiro atoms. The van der Waals surface area contributed by atoms with E-state index in [4.69, 9.17) is 18.2 Å². The lowest BCUT2D eigenvalue weighted by Crippen LogP contribution is -3.00. The smallest absolute Gasteiger partial charge is 0.482 e.